The number of carbonyl (C=O) groups excluding carboxylic acids is 2. The lowest BCUT2D eigenvalue weighted by Gasteiger charge is -2.44. The zero-order chi connectivity index (χ0) is 30.2. The van der Waals surface area contributed by atoms with Gasteiger partial charge in [0.25, 0.3) is 5.91 Å². The number of aromatic nitrogens is 2. The van der Waals surface area contributed by atoms with E-state index in [0.29, 0.717) is 42.6 Å². The molecule has 224 valence electrons. The van der Waals surface area contributed by atoms with Crippen LogP contribution in [0.3, 0.4) is 0 Å². The fourth-order valence-electron chi connectivity index (χ4n) is 5.40. The number of carbonyl (C=O) groups is 2. The molecule has 0 saturated carbocycles. The highest BCUT2D eigenvalue weighted by molar-refractivity contribution is 6.11. The lowest BCUT2D eigenvalue weighted by atomic mass is 9.95. The van der Waals surface area contributed by atoms with E-state index in [9.17, 15) is 22.8 Å². The Morgan fingerprint density at radius 2 is 1.69 bits per heavy atom. The van der Waals surface area contributed by atoms with E-state index in [1.807, 2.05) is 30.7 Å². The minimum Gasteiger partial charge on any atom is -0.367 e. The number of rotatable bonds is 5. The van der Waals surface area contributed by atoms with E-state index in [0.717, 1.165) is 26.2 Å². The van der Waals surface area contributed by atoms with E-state index < -0.39 is 35.3 Å². The van der Waals surface area contributed by atoms with Gasteiger partial charge in [0.15, 0.2) is 0 Å². The molecular formula is C28H32F4N8O2. The Hall–Kier alpha value is -3.91. The van der Waals surface area contributed by atoms with Crippen LogP contribution in [-0.4, -0.2) is 97.5 Å². The Labute approximate surface area is 240 Å². The Bertz CT molecular complexity index is 1390. The van der Waals surface area contributed by atoms with E-state index in [1.54, 1.807) is 0 Å². The number of benzene rings is 1. The summed E-state index contributed by atoms with van der Waals surface area (Å²) in [6, 6.07) is 2.84. The number of anilines is 3. The molecule has 2 fully saturated rings. The van der Waals surface area contributed by atoms with Gasteiger partial charge in [-0.1, -0.05) is 0 Å². The van der Waals surface area contributed by atoms with Crippen LogP contribution in [0.15, 0.2) is 41.2 Å². The van der Waals surface area contributed by atoms with Gasteiger partial charge >= 0.3 is 6.18 Å². The summed E-state index contributed by atoms with van der Waals surface area (Å²) in [5.41, 5.74) is -0.443. The average Bonchev–Trinajstić information content (AvgIpc) is 2.96. The Morgan fingerprint density at radius 1 is 1.05 bits per heavy atom. The van der Waals surface area contributed by atoms with Gasteiger partial charge in [0.2, 0.25) is 11.9 Å². The van der Waals surface area contributed by atoms with Crippen molar-refractivity contribution in [3.63, 3.8) is 0 Å². The average molecular weight is 589 g/mol. The summed E-state index contributed by atoms with van der Waals surface area (Å²) < 4.78 is 56.9. The largest absolute Gasteiger partial charge is 0.414 e. The van der Waals surface area contributed by atoms with Gasteiger partial charge in [-0.25, -0.2) is 19.4 Å². The van der Waals surface area contributed by atoms with Crippen molar-refractivity contribution in [2.24, 2.45) is 10.9 Å². The predicted molar refractivity (Wildman–Crippen MR) is 151 cm³/mol. The fourth-order valence-corrected chi connectivity index (χ4v) is 5.40. The van der Waals surface area contributed by atoms with Gasteiger partial charge in [-0.15, -0.1) is 0 Å². The van der Waals surface area contributed by atoms with Gasteiger partial charge in [0, 0.05) is 87.2 Å². The first-order valence-electron chi connectivity index (χ1n) is 13.7. The van der Waals surface area contributed by atoms with Crippen LogP contribution >= 0.6 is 0 Å². The minimum absolute atomic E-state index is 0.0789. The second kappa shape index (κ2) is 11.8. The number of dihydropyridines is 1. The fraction of sp³-hybridized carbons (Fsp3) is 0.464. The summed E-state index contributed by atoms with van der Waals surface area (Å²) in [5.74, 6) is -4.09. The second-order valence-electron chi connectivity index (χ2n) is 10.8. The summed E-state index contributed by atoms with van der Waals surface area (Å²) in [5, 5.41) is 5.82. The third-order valence-electron chi connectivity index (χ3n) is 7.97. The van der Waals surface area contributed by atoms with Gasteiger partial charge in [-0.05, 0) is 33.0 Å². The SMILES string of the molecule is C[C@@H]1CN(c2cc(F)c(-c3cnc(N4CCNCC4)nc3)cc2NC(=O)C2C=NC(=O)C=C2C(F)(F)F)C[C@H](C)N1C. The molecular weight excluding hydrogens is 556 g/mol. The van der Waals surface area contributed by atoms with E-state index >= 15 is 4.39 Å². The molecule has 2 saturated heterocycles. The van der Waals surface area contributed by atoms with Crippen molar-refractivity contribution >= 4 is 35.4 Å². The lowest BCUT2D eigenvalue weighted by molar-refractivity contribution is -0.124. The lowest BCUT2D eigenvalue weighted by Crippen LogP contribution is -2.55. The summed E-state index contributed by atoms with van der Waals surface area (Å²) in [7, 11) is 1.98. The van der Waals surface area contributed by atoms with Crippen LogP contribution < -0.4 is 20.4 Å². The maximum Gasteiger partial charge on any atom is 0.414 e. The van der Waals surface area contributed by atoms with Gasteiger partial charge in [-0.2, -0.15) is 13.2 Å². The number of nitrogens with one attached hydrogen (secondary N) is 2. The standard InChI is InChI=1S/C28H32F4N8O2/c1-16-14-40(15-17(2)38(16)3)24-10-22(29)19(18-11-35-27(36-12-18)39-6-4-33-5-7-39)8-23(24)37-26(42)20-13-34-25(41)9-21(20)28(30,31)32/h8-13,16-17,20,33H,4-7,14-15H2,1-3H3,(H,37,42)/t16-,17+,20?. The van der Waals surface area contributed by atoms with Gasteiger partial charge in [-0.3, -0.25) is 14.5 Å². The smallest absolute Gasteiger partial charge is 0.367 e. The first-order chi connectivity index (χ1) is 19.9. The van der Waals surface area contributed by atoms with Crippen molar-refractivity contribution in [3.8, 4) is 11.1 Å². The van der Waals surface area contributed by atoms with E-state index in [4.69, 9.17) is 0 Å². The summed E-state index contributed by atoms with van der Waals surface area (Å²) in [6.45, 7) is 8.06. The molecule has 4 heterocycles. The third-order valence-corrected chi connectivity index (χ3v) is 7.97. The molecule has 2 aromatic rings. The molecule has 3 atom stereocenters. The molecule has 3 aliphatic heterocycles. The third kappa shape index (κ3) is 6.14. The predicted octanol–water partition coefficient (Wildman–Crippen LogP) is 2.88. The molecule has 5 rings (SSSR count). The van der Waals surface area contributed by atoms with Crippen LogP contribution in [0, 0.1) is 11.7 Å². The summed E-state index contributed by atoms with van der Waals surface area (Å²) in [4.78, 5) is 43.2. The maximum absolute atomic E-state index is 15.7. The van der Waals surface area contributed by atoms with Crippen molar-refractivity contribution in [1.82, 2.24) is 20.2 Å². The minimum atomic E-state index is -4.92. The summed E-state index contributed by atoms with van der Waals surface area (Å²) >= 11 is 0. The van der Waals surface area contributed by atoms with E-state index in [-0.39, 0.29) is 23.3 Å². The van der Waals surface area contributed by atoms with Crippen molar-refractivity contribution < 1.29 is 27.2 Å². The first kappa shape index (κ1) is 29.6. The quantitative estimate of drug-likeness (QED) is 0.514. The normalized spacial score (nSPS) is 23.6. The highest BCUT2D eigenvalue weighted by atomic mass is 19.4. The highest BCUT2D eigenvalue weighted by Gasteiger charge is 2.43. The topological polar surface area (TPSA) is 106 Å². The van der Waals surface area contributed by atoms with E-state index in [1.165, 1.54) is 24.5 Å². The molecule has 2 amide bonds. The number of piperazine rings is 2. The van der Waals surface area contributed by atoms with Crippen LogP contribution in [0.25, 0.3) is 11.1 Å². The van der Waals surface area contributed by atoms with Crippen LogP contribution in [-0.2, 0) is 9.59 Å². The number of aliphatic imine (C=N–C) groups is 1. The number of halogens is 4. The Balaban J connectivity index is 1.51. The summed E-state index contributed by atoms with van der Waals surface area (Å²) in [6.07, 6.45) is -0.946. The molecule has 3 aliphatic rings. The zero-order valence-electron chi connectivity index (χ0n) is 23.5. The number of likely N-dealkylation sites (N-methyl/N-ethyl adjacent to an activating group) is 1. The van der Waals surface area contributed by atoms with Gasteiger partial charge < -0.3 is 20.4 Å². The van der Waals surface area contributed by atoms with Crippen molar-refractivity contribution in [2.75, 3.05) is 61.4 Å². The van der Waals surface area contributed by atoms with Gasteiger partial charge in [0.1, 0.15) is 11.7 Å². The second-order valence-corrected chi connectivity index (χ2v) is 10.8. The molecule has 2 N–H and O–H groups in total. The number of alkyl halides is 3. The molecule has 10 nitrogen and oxygen atoms in total. The van der Waals surface area contributed by atoms with E-state index in [2.05, 4.69) is 30.5 Å². The highest BCUT2D eigenvalue weighted by Crippen LogP contribution is 2.38. The number of hydrogen-bond acceptors (Lipinski definition) is 8. The molecule has 14 heteroatoms. The molecule has 42 heavy (non-hydrogen) atoms. The molecule has 0 radical (unpaired) electrons. The number of nitrogens with zero attached hydrogens (tertiary/aromatic N) is 6. The van der Waals surface area contributed by atoms with Gasteiger partial charge in [0.05, 0.1) is 16.9 Å². The molecule has 0 bridgehead atoms. The van der Waals surface area contributed by atoms with Crippen LogP contribution in [0.4, 0.5) is 34.9 Å². The number of hydrogen-bond donors (Lipinski definition) is 2. The molecule has 1 unspecified atom stereocenters. The van der Waals surface area contributed by atoms with Crippen LogP contribution in [0.1, 0.15) is 13.8 Å². The molecule has 0 aliphatic carbocycles. The van der Waals surface area contributed by atoms with Crippen molar-refractivity contribution in [1.29, 1.82) is 0 Å². The Morgan fingerprint density at radius 3 is 2.31 bits per heavy atom. The maximum atomic E-state index is 15.7. The Kier molecular flexibility index (Phi) is 8.28. The van der Waals surface area contributed by atoms with Crippen LogP contribution in [0.5, 0.6) is 0 Å². The molecule has 1 aromatic carbocycles. The van der Waals surface area contributed by atoms with Crippen molar-refractivity contribution in [3.05, 3.63) is 42.0 Å². The molecule has 0 spiro atoms. The number of amides is 2. The molecule has 1 aromatic heterocycles. The van der Waals surface area contributed by atoms with Crippen molar-refractivity contribution in [2.45, 2.75) is 32.1 Å². The first-order valence-corrected chi connectivity index (χ1v) is 13.7. The zero-order valence-corrected chi connectivity index (χ0v) is 23.5. The monoisotopic (exact) mass is 588 g/mol. The van der Waals surface area contributed by atoms with Crippen LogP contribution in [0.2, 0.25) is 0 Å².